The predicted molar refractivity (Wildman–Crippen MR) is 79.6 cm³/mol. The van der Waals surface area contributed by atoms with Gasteiger partial charge in [-0.1, -0.05) is 34.5 Å². The van der Waals surface area contributed by atoms with E-state index >= 15 is 0 Å². The van der Waals surface area contributed by atoms with Gasteiger partial charge in [-0.05, 0) is 37.0 Å². The molecule has 1 atom stereocenters. The normalized spacial score (nSPS) is 19.3. The van der Waals surface area contributed by atoms with Crippen LogP contribution in [0.1, 0.15) is 19.8 Å². The average Bonchev–Trinajstić information content (AvgIpc) is 2.39. The Bertz CT molecular complexity index is 467. The number of rotatable bonds is 3. The Morgan fingerprint density at radius 1 is 1.58 bits per heavy atom. The lowest BCUT2D eigenvalue weighted by molar-refractivity contribution is -0.135. The summed E-state index contributed by atoms with van der Waals surface area (Å²) in [6, 6.07) is 5.35. The molecule has 0 radical (unpaired) electrons. The third kappa shape index (κ3) is 4.11. The molecule has 5 heteroatoms. The summed E-state index contributed by atoms with van der Waals surface area (Å²) in [5, 5.41) is 0.517. The van der Waals surface area contributed by atoms with Crippen LogP contribution in [0.5, 0.6) is 5.75 Å². The number of carbonyl (C=O) groups excluding carboxylic acids is 1. The Labute approximate surface area is 127 Å². The van der Waals surface area contributed by atoms with E-state index in [0.29, 0.717) is 16.7 Å². The van der Waals surface area contributed by atoms with Gasteiger partial charge in [0.25, 0.3) is 5.91 Å². The van der Waals surface area contributed by atoms with Gasteiger partial charge in [-0.3, -0.25) is 4.79 Å². The van der Waals surface area contributed by atoms with E-state index in [1.54, 1.807) is 12.1 Å². The van der Waals surface area contributed by atoms with Gasteiger partial charge in [0.05, 0.1) is 5.02 Å². The highest BCUT2D eigenvalue weighted by Crippen LogP contribution is 2.28. The highest BCUT2D eigenvalue weighted by atomic mass is 79.9. The van der Waals surface area contributed by atoms with Crippen LogP contribution in [0.3, 0.4) is 0 Å². The molecule has 1 aromatic carbocycles. The van der Waals surface area contributed by atoms with E-state index in [0.717, 1.165) is 24.0 Å². The van der Waals surface area contributed by atoms with Gasteiger partial charge >= 0.3 is 0 Å². The molecule has 2 rings (SSSR count). The molecule has 0 aliphatic carbocycles. The summed E-state index contributed by atoms with van der Waals surface area (Å²) in [7, 11) is 0. The summed E-state index contributed by atoms with van der Waals surface area (Å²) in [5.74, 6) is 1.14. The second-order valence-corrected chi connectivity index (χ2v) is 6.27. The van der Waals surface area contributed by atoms with Crippen LogP contribution in [-0.4, -0.2) is 30.5 Å². The van der Waals surface area contributed by atoms with E-state index in [2.05, 4.69) is 22.9 Å². The third-order valence-corrected chi connectivity index (χ3v) is 4.06. The van der Waals surface area contributed by atoms with Crippen molar-refractivity contribution in [1.29, 1.82) is 0 Å². The fraction of sp³-hybridized carbons (Fsp3) is 0.500. The zero-order valence-electron chi connectivity index (χ0n) is 10.9. The van der Waals surface area contributed by atoms with Crippen molar-refractivity contribution in [2.45, 2.75) is 19.8 Å². The monoisotopic (exact) mass is 345 g/mol. The molecule has 0 spiro atoms. The number of hydrogen-bond acceptors (Lipinski definition) is 2. The topological polar surface area (TPSA) is 29.5 Å². The van der Waals surface area contributed by atoms with E-state index < -0.39 is 0 Å². The van der Waals surface area contributed by atoms with Crippen molar-refractivity contribution >= 4 is 33.4 Å². The van der Waals surface area contributed by atoms with Crippen molar-refractivity contribution in [2.75, 3.05) is 19.7 Å². The smallest absolute Gasteiger partial charge is 0.260 e. The van der Waals surface area contributed by atoms with Crippen LogP contribution in [0.4, 0.5) is 0 Å². The van der Waals surface area contributed by atoms with E-state index in [-0.39, 0.29) is 12.5 Å². The first kappa shape index (κ1) is 14.7. The van der Waals surface area contributed by atoms with Crippen LogP contribution in [0.15, 0.2) is 22.7 Å². The molecule has 19 heavy (non-hydrogen) atoms. The van der Waals surface area contributed by atoms with Crippen molar-refractivity contribution in [1.82, 2.24) is 4.90 Å². The Balaban J connectivity index is 1.91. The molecule has 1 heterocycles. The molecule has 1 aliphatic heterocycles. The molecule has 1 unspecified atom stereocenters. The van der Waals surface area contributed by atoms with E-state index in [1.165, 1.54) is 6.42 Å². The SMILES string of the molecule is CC1CCCN(C(=O)COc2cc(Br)ccc2Cl)C1. The standard InChI is InChI=1S/C14H17BrClNO2/c1-10-3-2-6-17(8-10)14(18)9-19-13-7-11(15)4-5-12(13)16/h4-5,7,10H,2-3,6,8-9H2,1H3. The van der Waals surface area contributed by atoms with E-state index in [1.807, 2.05) is 11.0 Å². The Morgan fingerprint density at radius 2 is 2.37 bits per heavy atom. The lowest BCUT2D eigenvalue weighted by Crippen LogP contribution is -2.41. The zero-order chi connectivity index (χ0) is 13.8. The highest BCUT2D eigenvalue weighted by Gasteiger charge is 2.21. The van der Waals surface area contributed by atoms with E-state index in [4.69, 9.17) is 16.3 Å². The van der Waals surface area contributed by atoms with Crippen LogP contribution in [0.2, 0.25) is 5.02 Å². The van der Waals surface area contributed by atoms with Gasteiger partial charge in [0.2, 0.25) is 0 Å². The molecule has 1 saturated heterocycles. The minimum atomic E-state index is 0.0302. The van der Waals surface area contributed by atoms with Gasteiger partial charge in [0, 0.05) is 17.6 Å². The largest absolute Gasteiger partial charge is 0.482 e. The molecule has 1 amide bonds. The van der Waals surface area contributed by atoms with Crippen molar-refractivity contribution < 1.29 is 9.53 Å². The number of halogens is 2. The molecule has 104 valence electrons. The molecule has 0 bridgehead atoms. The molecule has 1 fully saturated rings. The summed E-state index contributed by atoms with van der Waals surface area (Å²) in [5.41, 5.74) is 0. The summed E-state index contributed by atoms with van der Waals surface area (Å²) >= 11 is 9.37. The second kappa shape index (κ2) is 6.62. The van der Waals surface area contributed by atoms with Crippen LogP contribution >= 0.6 is 27.5 Å². The van der Waals surface area contributed by atoms with Gasteiger partial charge in [-0.15, -0.1) is 0 Å². The van der Waals surface area contributed by atoms with Gasteiger partial charge in [-0.25, -0.2) is 0 Å². The van der Waals surface area contributed by atoms with Crippen molar-refractivity contribution in [3.05, 3.63) is 27.7 Å². The van der Waals surface area contributed by atoms with Crippen LogP contribution in [-0.2, 0) is 4.79 Å². The van der Waals surface area contributed by atoms with Gasteiger partial charge < -0.3 is 9.64 Å². The number of likely N-dealkylation sites (tertiary alicyclic amines) is 1. The summed E-state index contributed by atoms with van der Waals surface area (Å²) in [4.78, 5) is 13.9. The van der Waals surface area contributed by atoms with Gasteiger partial charge in [0.15, 0.2) is 6.61 Å². The average molecular weight is 347 g/mol. The fourth-order valence-corrected chi connectivity index (χ4v) is 2.75. The fourth-order valence-electron chi connectivity index (χ4n) is 2.23. The number of benzene rings is 1. The first-order valence-electron chi connectivity index (χ1n) is 6.42. The second-order valence-electron chi connectivity index (χ2n) is 4.95. The minimum absolute atomic E-state index is 0.0302. The van der Waals surface area contributed by atoms with Gasteiger partial charge in [-0.2, -0.15) is 0 Å². The number of ether oxygens (including phenoxy) is 1. The van der Waals surface area contributed by atoms with Crippen molar-refractivity contribution in [3.8, 4) is 5.75 Å². The van der Waals surface area contributed by atoms with Crippen LogP contribution < -0.4 is 4.74 Å². The lowest BCUT2D eigenvalue weighted by atomic mass is 10.0. The highest BCUT2D eigenvalue weighted by molar-refractivity contribution is 9.10. The summed E-state index contributed by atoms with van der Waals surface area (Å²) in [6.45, 7) is 3.88. The molecule has 1 aromatic rings. The Hall–Kier alpha value is -0.740. The van der Waals surface area contributed by atoms with E-state index in [9.17, 15) is 4.79 Å². The molecule has 3 nitrogen and oxygen atoms in total. The number of carbonyl (C=O) groups is 1. The first-order valence-corrected chi connectivity index (χ1v) is 7.59. The first-order chi connectivity index (χ1) is 9.06. The maximum atomic E-state index is 12.1. The number of nitrogens with zero attached hydrogens (tertiary/aromatic N) is 1. The van der Waals surface area contributed by atoms with Crippen LogP contribution in [0, 0.1) is 5.92 Å². The lowest BCUT2D eigenvalue weighted by Gasteiger charge is -2.30. The maximum absolute atomic E-state index is 12.1. The summed E-state index contributed by atoms with van der Waals surface area (Å²) in [6.07, 6.45) is 2.27. The predicted octanol–water partition coefficient (Wildman–Crippen LogP) is 3.74. The number of hydrogen-bond donors (Lipinski definition) is 0. The minimum Gasteiger partial charge on any atom is -0.482 e. The molecular weight excluding hydrogens is 330 g/mol. The number of piperidine rings is 1. The quantitative estimate of drug-likeness (QED) is 0.834. The van der Waals surface area contributed by atoms with Gasteiger partial charge in [0.1, 0.15) is 5.75 Å². The zero-order valence-corrected chi connectivity index (χ0v) is 13.2. The molecule has 0 N–H and O–H groups in total. The third-order valence-electron chi connectivity index (χ3n) is 3.25. The molecule has 0 saturated carbocycles. The molecule has 1 aliphatic rings. The molecule has 0 aromatic heterocycles. The maximum Gasteiger partial charge on any atom is 0.260 e. The summed E-state index contributed by atoms with van der Waals surface area (Å²) < 4.78 is 6.40. The number of amides is 1. The Morgan fingerprint density at radius 3 is 3.11 bits per heavy atom. The van der Waals surface area contributed by atoms with Crippen LogP contribution in [0.25, 0.3) is 0 Å². The van der Waals surface area contributed by atoms with Crippen molar-refractivity contribution in [3.63, 3.8) is 0 Å². The molecular formula is C14H17BrClNO2. The van der Waals surface area contributed by atoms with Crippen molar-refractivity contribution in [2.24, 2.45) is 5.92 Å². The Kier molecular flexibility index (Phi) is 5.11.